The van der Waals surface area contributed by atoms with Gasteiger partial charge in [-0.3, -0.25) is 4.98 Å². The number of hydrogen-bond donors (Lipinski definition) is 1. The van der Waals surface area contributed by atoms with Crippen molar-refractivity contribution >= 4 is 10.9 Å². The van der Waals surface area contributed by atoms with E-state index >= 15 is 0 Å². The zero-order valence-corrected chi connectivity index (χ0v) is 12.8. The SMILES string of the molecule is CCNC(COc1ccc2cccnc2c1)C(C)(C)C. The van der Waals surface area contributed by atoms with Gasteiger partial charge in [0.25, 0.3) is 0 Å². The topological polar surface area (TPSA) is 34.1 Å². The van der Waals surface area contributed by atoms with Gasteiger partial charge in [0.15, 0.2) is 0 Å². The second-order valence-corrected chi connectivity index (χ2v) is 6.15. The predicted molar refractivity (Wildman–Crippen MR) is 84.2 cm³/mol. The molecule has 1 aromatic carbocycles. The molecule has 2 aromatic rings. The summed E-state index contributed by atoms with van der Waals surface area (Å²) < 4.78 is 5.95. The van der Waals surface area contributed by atoms with Gasteiger partial charge in [0.1, 0.15) is 12.4 Å². The van der Waals surface area contributed by atoms with Gasteiger partial charge < -0.3 is 10.1 Å². The number of ether oxygens (including phenoxy) is 1. The molecule has 1 atom stereocenters. The first-order valence-electron chi connectivity index (χ1n) is 7.21. The fourth-order valence-corrected chi connectivity index (χ4v) is 2.18. The van der Waals surface area contributed by atoms with E-state index in [0.29, 0.717) is 12.6 Å². The van der Waals surface area contributed by atoms with Crippen molar-refractivity contribution in [1.29, 1.82) is 0 Å². The van der Waals surface area contributed by atoms with Gasteiger partial charge in [-0.2, -0.15) is 0 Å². The summed E-state index contributed by atoms with van der Waals surface area (Å²) in [6.45, 7) is 10.4. The molecule has 1 aromatic heterocycles. The number of benzene rings is 1. The van der Waals surface area contributed by atoms with E-state index in [1.807, 2.05) is 24.4 Å². The van der Waals surface area contributed by atoms with Gasteiger partial charge in [0.2, 0.25) is 0 Å². The van der Waals surface area contributed by atoms with E-state index in [9.17, 15) is 0 Å². The third kappa shape index (κ3) is 3.70. The van der Waals surface area contributed by atoms with Crippen molar-refractivity contribution in [1.82, 2.24) is 10.3 Å². The number of pyridine rings is 1. The Labute approximate surface area is 121 Å². The molecule has 3 heteroatoms. The van der Waals surface area contributed by atoms with Crippen molar-refractivity contribution in [3.63, 3.8) is 0 Å². The van der Waals surface area contributed by atoms with Crippen molar-refractivity contribution in [3.8, 4) is 5.75 Å². The van der Waals surface area contributed by atoms with Gasteiger partial charge in [0.05, 0.1) is 5.52 Å². The third-order valence-corrected chi connectivity index (χ3v) is 3.49. The smallest absolute Gasteiger partial charge is 0.121 e. The molecule has 0 aliphatic heterocycles. The Hall–Kier alpha value is -1.61. The quantitative estimate of drug-likeness (QED) is 0.902. The van der Waals surface area contributed by atoms with Gasteiger partial charge in [-0.05, 0) is 30.2 Å². The summed E-state index contributed by atoms with van der Waals surface area (Å²) in [5.74, 6) is 0.878. The first kappa shape index (κ1) is 14.8. The summed E-state index contributed by atoms with van der Waals surface area (Å²) in [5.41, 5.74) is 1.14. The molecule has 0 fully saturated rings. The van der Waals surface area contributed by atoms with Gasteiger partial charge >= 0.3 is 0 Å². The lowest BCUT2D eigenvalue weighted by molar-refractivity contribution is 0.176. The zero-order valence-electron chi connectivity index (χ0n) is 12.8. The lowest BCUT2D eigenvalue weighted by Gasteiger charge is -2.31. The van der Waals surface area contributed by atoms with Crippen LogP contribution in [0.25, 0.3) is 10.9 Å². The van der Waals surface area contributed by atoms with Crippen molar-refractivity contribution in [2.45, 2.75) is 33.7 Å². The summed E-state index contributed by atoms with van der Waals surface area (Å²) in [4.78, 5) is 4.36. The van der Waals surface area contributed by atoms with Gasteiger partial charge in [-0.15, -0.1) is 0 Å². The Bertz CT molecular complexity index is 560. The standard InChI is InChI=1S/C17H24N2O/c1-5-18-16(17(2,3)4)12-20-14-9-8-13-7-6-10-19-15(13)11-14/h6-11,16,18H,5,12H2,1-4H3. The number of hydrogen-bond acceptors (Lipinski definition) is 3. The molecule has 0 spiro atoms. The van der Waals surface area contributed by atoms with Crippen molar-refractivity contribution in [2.75, 3.05) is 13.2 Å². The van der Waals surface area contributed by atoms with Crippen molar-refractivity contribution < 1.29 is 4.74 Å². The molecule has 0 amide bonds. The first-order valence-corrected chi connectivity index (χ1v) is 7.21. The Morgan fingerprint density at radius 3 is 2.75 bits per heavy atom. The molecule has 1 unspecified atom stereocenters. The summed E-state index contributed by atoms with van der Waals surface area (Å²) in [6, 6.07) is 10.4. The van der Waals surface area contributed by atoms with Crippen LogP contribution in [0.1, 0.15) is 27.7 Å². The second-order valence-electron chi connectivity index (χ2n) is 6.15. The zero-order chi connectivity index (χ0) is 14.6. The minimum absolute atomic E-state index is 0.172. The van der Waals surface area contributed by atoms with Crippen LogP contribution in [0.5, 0.6) is 5.75 Å². The predicted octanol–water partition coefficient (Wildman–Crippen LogP) is 3.64. The van der Waals surface area contributed by atoms with E-state index in [1.165, 1.54) is 0 Å². The molecule has 0 radical (unpaired) electrons. The average molecular weight is 272 g/mol. The summed E-state index contributed by atoms with van der Waals surface area (Å²) in [6.07, 6.45) is 1.81. The number of nitrogens with zero attached hydrogens (tertiary/aromatic N) is 1. The third-order valence-electron chi connectivity index (χ3n) is 3.49. The molecule has 2 rings (SSSR count). The summed E-state index contributed by atoms with van der Waals surface area (Å²) in [7, 11) is 0. The highest BCUT2D eigenvalue weighted by molar-refractivity contribution is 5.79. The van der Waals surface area contributed by atoms with Crippen LogP contribution in [0.15, 0.2) is 36.5 Å². The van der Waals surface area contributed by atoms with Gasteiger partial charge in [-0.25, -0.2) is 0 Å². The number of rotatable bonds is 5. The maximum Gasteiger partial charge on any atom is 0.121 e. The van der Waals surface area contributed by atoms with E-state index in [-0.39, 0.29) is 5.41 Å². The molecule has 0 saturated carbocycles. The van der Waals surface area contributed by atoms with Crippen LogP contribution in [0.2, 0.25) is 0 Å². The van der Waals surface area contributed by atoms with E-state index in [2.05, 4.69) is 50.1 Å². The number of fused-ring (bicyclic) bond motifs is 1. The maximum atomic E-state index is 5.95. The number of nitrogens with one attached hydrogen (secondary N) is 1. The maximum absolute atomic E-state index is 5.95. The van der Waals surface area contributed by atoms with Crippen molar-refractivity contribution in [3.05, 3.63) is 36.5 Å². The normalized spacial score (nSPS) is 13.4. The fraction of sp³-hybridized carbons (Fsp3) is 0.471. The summed E-state index contributed by atoms with van der Waals surface area (Å²) >= 11 is 0. The van der Waals surface area contributed by atoms with Crippen molar-refractivity contribution in [2.24, 2.45) is 5.41 Å². The van der Waals surface area contributed by atoms with E-state index in [1.54, 1.807) is 0 Å². The molecule has 0 aliphatic carbocycles. The number of likely N-dealkylation sites (N-methyl/N-ethyl adjacent to an activating group) is 1. The van der Waals surface area contributed by atoms with Crippen LogP contribution < -0.4 is 10.1 Å². The minimum atomic E-state index is 0.172. The molecule has 0 bridgehead atoms. The Kier molecular flexibility index (Phi) is 4.61. The van der Waals surface area contributed by atoms with Gasteiger partial charge in [0, 0.05) is 23.7 Å². The number of aromatic nitrogens is 1. The molecule has 1 N–H and O–H groups in total. The van der Waals surface area contributed by atoms with E-state index in [0.717, 1.165) is 23.2 Å². The summed E-state index contributed by atoms with van der Waals surface area (Å²) in [5, 5.41) is 4.63. The van der Waals surface area contributed by atoms with Crippen LogP contribution in [-0.2, 0) is 0 Å². The molecule has 1 heterocycles. The monoisotopic (exact) mass is 272 g/mol. The highest BCUT2D eigenvalue weighted by Gasteiger charge is 2.24. The molecular formula is C17H24N2O. The molecule has 3 nitrogen and oxygen atoms in total. The Morgan fingerprint density at radius 1 is 1.25 bits per heavy atom. The first-order chi connectivity index (χ1) is 9.50. The van der Waals surface area contributed by atoms with Crippen LogP contribution in [0, 0.1) is 5.41 Å². The molecule has 0 saturated heterocycles. The van der Waals surface area contributed by atoms with E-state index < -0.39 is 0 Å². The molecule has 20 heavy (non-hydrogen) atoms. The highest BCUT2D eigenvalue weighted by Crippen LogP contribution is 2.22. The lowest BCUT2D eigenvalue weighted by atomic mass is 9.87. The fourth-order valence-electron chi connectivity index (χ4n) is 2.18. The van der Waals surface area contributed by atoms with Crippen LogP contribution >= 0.6 is 0 Å². The minimum Gasteiger partial charge on any atom is -0.492 e. The van der Waals surface area contributed by atoms with E-state index in [4.69, 9.17) is 4.74 Å². The van der Waals surface area contributed by atoms with Crippen LogP contribution in [0.4, 0.5) is 0 Å². The molecular weight excluding hydrogens is 248 g/mol. The Balaban J connectivity index is 2.07. The molecule has 0 aliphatic rings. The van der Waals surface area contributed by atoms with Crippen LogP contribution in [-0.4, -0.2) is 24.2 Å². The van der Waals surface area contributed by atoms with Crippen LogP contribution in [0.3, 0.4) is 0 Å². The average Bonchev–Trinajstić information content (AvgIpc) is 2.42. The molecule has 108 valence electrons. The lowest BCUT2D eigenvalue weighted by Crippen LogP contribution is -2.44. The largest absolute Gasteiger partial charge is 0.492 e. The second kappa shape index (κ2) is 6.23. The van der Waals surface area contributed by atoms with Gasteiger partial charge in [-0.1, -0.05) is 33.8 Å². The Morgan fingerprint density at radius 2 is 2.05 bits per heavy atom. The highest BCUT2D eigenvalue weighted by atomic mass is 16.5.